The monoisotopic (exact) mass is 1240 g/mol. The van der Waals surface area contributed by atoms with Gasteiger partial charge in [0, 0.05) is 96.6 Å². The molecular weight excluding hydrogens is 1130 g/mol. The molecule has 3 aromatic rings. The van der Waals surface area contributed by atoms with Gasteiger partial charge in [-0.1, -0.05) is 36.4 Å². The number of nitrogens with zero attached hydrogens (tertiary/aromatic N) is 7. The van der Waals surface area contributed by atoms with Crippen molar-refractivity contribution in [1.82, 2.24) is 50.0 Å². The van der Waals surface area contributed by atoms with Gasteiger partial charge in [-0.15, -0.1) is 0 Å². The molecule has 25 nitrogen and oxygen atoms in total. The first-order chi connectivity index (χ1) is 41.2. The predicted molar refractivity (Wildman–Crippen MR) is 331 cm³/mol. The quantitative estimate of drug-likeness (QED) is 0.0248. The number of benzene rings is 2. The number of anilines is 1. The van der Waals surface area contributed by atoms with Crippen LogP contribution in [0.5, 0.6) is 0 Å². The summed E-state index contributed by atoms with van der Waals surface area (Å²) in [5.41, 5.74) is 0.00596. The molecule has 0 spiro atoms. The Labute approximate surface area is 520 Å². The Balaban J connectivity index is 1.33. The molecule has 2 aliphatic heterocycles. The Morgan fingerprint density at radius 2 is 1.19 bits per heavy atom. The van der Waals surface area contributed by atoms with Crippen molar-refractivity contribution in [2.24, 2.45) is 0 Å². The molecule has 2 aliphatic rings. The lowest BCUT2D eigenvalue weighted by molar-refractivity contribution is -0.158. The SMILES string of the molecule is COC(=O)C[C@@H]1Nc2ccc([C@H](O)N(Cc3ccccc3)Cc3ncc[nH]3)cc2CN(CCCN[C@@H](O)[C@H](CC(=O)OC(C)(C)C)N[C@@H](O)CN2CCN(CC(=O)OC(C)(C)C)CCN(CC(=O)OC(C)(C)C)CCN(CC(=O)OC(C)(C)C)CC2)[C@H]1O. The van der Waals surface area contributed by atoms with Crippen LogP contribution in [0.1, 0.15) is 131 Å². The molecule has 1 aromatic heterocycles. The van der Waals surface area contributed by atoms with Crippen LogP contribution in [0.3, 0.4) is 0 Å². The van der Waals surface area contributed by atoms with Crippen LogP contribution in [0.25, 0.3) is 0 Å². The Morgan fingerprint density at radius 1 is 0.682 bits per heavy atom. The van der Waals surface area contributed by atoms with Crippen molar-refractivity contribution in [3.8, 4) is 0 Å². The maximum atomic E-state index is 13.5. The van der Waals surface area contributed by atoms with Gasteiger partial charge >= 0.3 is 29.8 Å². The second-order valence-electron chi connectivity index (χ2n) is 26.9. The molecule has 2 aromatic carbocycles. The highest BCUT2D eigenvalue weighted by atomic mass is 16.6. The maximum absolute atomic E-state index is 13.5. The van der Waals surface area contributed by atoms with E-state index in [2.05, 4.69) is 25.9 Å². The third kappa shape index (κ3) is 27.6. The number of aliphatic hydroxyl groups excluding tert-OH is 4. The number of aliphatic hydroxyl groups is 4. The zero-order valence-electron chi connectivity index (χ0n) is 54.4. The number of ether oxygens (including phenoxy) is 5. The minimum absolute atomic E-state index is 0.00819. The van der Waals surface area contributed by atoms with Gasteiger partial charge in [0.15, 0.2) is 0 Å². The number of aromatic nitrogens is 2. The molecule has 0 aliphatic carbocycles. The normalized spacial score (nSPS) is 19.2. The van der Waals surface area contributed by atoms with Gasteiger partial charge in [-0.2, -0.15) is 0 Å². The number of carbonyl (C=O) groups excluding carboxylic acids is 5. The summed E-state index contributed by atoms with van der Waals surface area (Å²) in [6.07, 6.45) is -1.69. The number of β-amino-alcohol motifs (C(OH)–C–C–N with tert-alkyl or cyclic N) is 1. The molecule has 0 bridgehead atoms. The lowest BCUT2D eigenvalue weighted by Crippen LogP contribution is -2.56. The van der Waals surface area contributed by atoms with E-state index in [0.29, 0.717) is 88.9 Å². The lowest BCUT2D eigenvalue weighted by Gasteiger charge is -2.35. The van der Waals surface area contributed by atoms with Crippen LogP contribution in [-0.4, -0.2) is 242 Å². The topological polar surface area (TPSA) is 297 Å². The summed E-state index contributed by atoms with van der Waals surface area (Å²) in [4.78, 5) is 85.2. The van der Waals surface area contributed by atoms with E-state index in [1.54, 1.807) is 95.5 Å². The van der Waals surface area contributed by atoms with Gasteiger partial charge < -0.3 is 54.4 Å². The highest BCUT2D eigenvalue weighted by molar-refractivity contribution is 5.73. The van der Waals surface area contributed by atoms with E-state index in [4.69, 9.17) is 23.7 Å². The van der Waals surface area contributed by atoms with E-state index in [0.717, 1.165) is 11.1 Å². The maximum Gasteiger partial charge on any atom is 0.320 e. The Kier molecular flexibility index (Phi) is 28.2. The Morgan fingerprint density at radius 3 is 1.68 bits per heavy atom. The standard InChI is InChI=1S/C63H103N11O14/c1-60(2,3)85-53(77)35-48(68-51(75)40-69-26-28-70(41-54(78)86-61(4,5)6)30-32-72(43-56(80)88-63(10,11)12)33-31-71(29-27-69)42-55(79)87-62(7,8)9)57(81)66-22-17-25-73-38-46-34-45(20-21-47(46)67-49(59(73)83)36-52(76)84-13)58(82)74(39-50-64-23-24-65-50)37-44-18-15-14-16-19-44/h14-16,18-21,23-24,34,48-49,51,57-59,66-68,75,81-83H,17,22,25-33,35-43H2,1-13H3,(H,64,65)/t48-,49-,51-,57-,58-,59-/m0/s1. The molecule has 1 saturated heterocycles. The summed E-state index contributed by atoms with van der Waals surface area (Å²) in [5.74, 6) is -1.72. The summed E-state index contributed by atoms with van der Waals surface area (Å²) in [7, 11) is 1.29. The van der Waals surface area contributed by atoms with Gasteiger partial charge in [-0.25, -0.2) is 4.98 Å². The third-order valence-electron chi connectivity index (χ3n) is 14.2. The largest absolute Gasteiger partial charge is 0.469 e. The summed E-state index contributed by atoms with van der Waals surface area (Å²) in [5, 5.41) is 57.3. The van der Waals surface area contributed by atoms with E-state index < -0.39 is 89.2 Å². The first-order valence-corrected chi connectivity index (χ1v) is 30.6. The number of hydrogen-bond donors (Lipinski definition) is 8. The van der Waals surface area contributed by atoms with E-state index in [-0.39, 0.29) is 58.7 Å². The number of aromatic amines is 1. The van der Waals surface area contributed by atoms with Crippen LogP contribution in [0.15, 0.2) is 60.9 Å². The fraction of sp³-hybridized carbons (Fsp3) is 0.683. The molecule has 8 N–H and O–H groups in total. The zero-order valence-corrected chi connectivity index (χ0v) is 54.4. The number of methoxy groups -OCH3 is 1. The van der Waals surface area contributed by atoms with Gasteiger partial charge in [0.25, 0.3) is 0 Å². The number of esters is 5. The molecule has 0 saturated carbocycles. The molecule has 0 amide bonds. The molecule has 494 valence electrons. The number of nitrogens with one attached hydrogen (secondary N) is 4. The number of carbonyl (C=O) groups is 5. The first-order valence-electron chi connectivity index (χ1n) is 30.6. The number of imidazole rings is 1. The highest BCUT2D eigenvalue weighted by Crippen LogP contribution is 2.31. The smallest absolute Gasteiger partial charge is 0.320 e. The fourth-order valence-electron chi connectivity index (χ4n) is 10.3. The van der Waals surface area contributed by atoms with E-state index >= 15 is 0 Å². The Hall–Kier alpha value is -5.68. The van der Waals surface area contributed by atoms with Crippen LogP contribution < -0.4 is 16.0 Å². The highest BCUT2D eigenvalue weighted by Gasteiger charge is 2.35. The molecule has 0 unspecified atom stereocenters. The molecule has 1 fully saturated rings. The molecule has 88 heavy (non-hydrogen) atoms. The summed E-state index contributed by atoms with van der Waals surface area (Å²) < 4.78 is 27.8. The Bertz CT molecular complexity index is 2580. The van der Waals surface area contributed by atoms with Gasteiger partial charge in [0.1, 0.15) is 53.1 Å². The average molecular weight is 1240 g/mol. The van der Waals surface area contributed by atoms with Crippen molar-refractivity contribution in [2.75, 3.05) is 104 Å². The van der Waals surface area contributed by atoms with Gasteiger partial charge in [0.05, 0.1) is 58.2 Å². The summed E-state index contributed by atoms with van der Waals surface area (Å²) in [6, 6.07) is 13.5. The third-order valence-corrected chi connectivity index (χ3v) is 14.2. The molecule has 5 rings (SSSR count). The molecule has 0 radical (unpaired) electrons. The fourth-order valence-corrected chi connectivity index (χ4v) is 10.3. The minimum Gasteiger partial charge on any atom is -0.469 e. The van der Waals surface area contributed by atoms with Crippen LogP contribution in [-0.2, 0) is 67.3 Å². The molecular formula is C63H103N11O14. The van der Waals surface area contributed by atoms with Crippen LogP contribution in [0.4, 0.5) is 5.69 Å². The second kappa shape index (κ2) is 33.9. The van der Waals surface area contributed by atoms with E-state index in [1.807, 2.05) is 77.9 Å². The number of rotatable bonds is 26. The van der Waals surface area contributed by atoms with Gasteiger partial charge in [-0.05, 0) is 125 Å². The average Bonchev–Trinajstić information content (AvgIpc) is 2.87. The lowest BCUT2D eigenvalue weighted by atomic mass is 10.1. The minimum atomic E-state index is -1.40. The first kappa shape index (κ1) is 73.1. The summed E-state index contributed by atoms with van der Waals surface area (Å²) >= 11 is 0. The number of hydrogen-bond acceptors (Lipinski definition) is 24. The van der Waals surface area contributed by atoms with Crippen molar-refractivity contribution >= 4 is 35.5 Å². The van der Waals surface area contributed by atoms with Crippen LogP contribution >= 0.6 is 0 Å². The van der Waals surface area contributed by atoms with Crippen molar-refractivity contribution < 1.29 is 68.1 Å². The van der Waals surface area contributed by atoms with Gasteiger partial charge in [-0.3, -0.25) is 64.0 Å². The van der Waals surface area contributed by atoms with E-state index in [9.17, 15) is 44.4 Å². The second-order valence-corrected chi connectivity index (χ2v) is 26.9. The summed E-state index contributed by atoms with van der Waals surface area (Å²) in [6.45, 7) is 25.5. The molecule has 6 atom stereocenters. The molecule has 3 heterocycles. The predicted octanol–water partition coefficient (Wildman–Crippen LogP) is 3.13. The zero-order chi connectivity index (χ0) is 65.0. The van der Waals surface area contributed by atoms with Crippen LogP contribution in [0.2, 0.25) is 0 Å². The number of fused-ring (bicyclic) bond motifs is 1. The van der Waals surface area contributed by atoms with Crippen molar-refractivity contribution in [3.05, 3.63) is 83.4 Å². The molecule has 25 heteroatoms. The van der Waals surface area contributed by atoms with Crippen molar-refractivity contribution in [2.45, 2.75) is 181 Å². The van der Waals surface area contributed by atoms with E-state index in [1.165, 1.54) is 7.11 Å². The van der Waals surface area contributed by atoms with Gasteiger partial charge in [0.2, 0.25) is 0 Å². The van der Waals surface area contributed by atoms with Crippen molar-refractivity contribution in [1.29, 1.82) is 0 Å². The van der Waals surface area contributed by atoms with Crippen LogP contribution in [0, 0.1) is 0 Å². The number of H-pyrrole nitrogens is 1. The van der Waals surface area contributed by atoms with Crippen molar-refractivity contribution in [3.63, 3.8) is 0 Å².